The Morgan fingerprint density at radius 1 is 1.19 bits per heavy atom. The third kappa shape index (κ3) is 2.33. The number of aromatic nitrogens is 3. The minimum atomic E-state index is -0.0791. The molecule has 0 saturated heterocycles. The van der Waals surface area contributed by atoms with Crippen LogP contribution in [0.3, 0.4) is 0 Å². The van der Waals surface area contributed by atoms with Gasteiger partial charge in [0.1, 0.15) is 5.82 Å². The summed E-state index contributed by atoms with van der Waals surface area (Å²) in [6.07, 6.45) is 3.59. The summed E-state index contributed by atoms with van der Waals surface area (Å²) in [5.41, 5.74) is 2.24. The largest absolute Gasteiger partial charge is 0.310 e. The monoisotopic (exact) mass is 279 g/mol. The molecule has 0 spiro atoms. The molecule has 0 bridgehead atoms. The Bertz CT molecular complexity index is 860. The number of nitrogens with one attached hydrogen (secondary N) is 1. The number of benzene rings is 1. The van der Waals surface area contributed by atoms with Gasteiger partial charge < -0.3 is 4.98 Å². The lowest BCUT2D eigenvalue weighted by Gasteiger charge is -2.11. The fraction of sp³-hybridized carbons (Fsp3) is 0.235. The quantitative estimate of drug-likeness (QED) is 0.782. The number of hydrogen-bond donors (Lipinski definition) is 1. The van der Waals surface area contributed by atoms with Crippen molar-refractivity contribution in [2.75, 3.05) is 0 Å². The normalized spacial score (nSPS) is 11.2. The van der Waals surface area contributed by atoms with Gasteiger partial charge in [-0.15, -0.1) is 0 Å². The maximum absolute atomic E-state index is 12.2. The van der Waals surface area contributed by atoms with E-state index in [1.165, 1.54) is 0 Å². The summed E-state index contributed by atoms with van der Waals surface area (Å²) in [6.45, 7) is 5.84. The van der Waals surface area contributed by atoms with Crippen molar-refractivity contribution in [3.05, 3.63) is 58.4 Å². The summed E-state index contributed by atoms with van der Waals surface area (Å²) < 4.78 is 0. The fourth-order valence-electron chi connectivity index (χ4n) is 2.41. The van der Waals surface area contributed by atoms with Gasteiger partial charge in [-0.05, 0) is 18.4 Å². The van der Waals surface area contributed by atoms with E-state index in [2.05, 4.69) is 15.0 Å². The zero-order chi connectivity index (χ0) is 15.0. The highest BCUT2D eigenvalue weighted by Gasteiger charge is 2.13. The van der Waals surface area contributed by atoms with Gasteiger partial charge in [0, 0.05) is 34.8 Å². The fourth-order valence-corrected chi connectivity index (χ4v) is 2.41. The standard InChI is InChI=1S/C17H17N3O/c1-10(2)16-19-15(11(3)17(21)20-16)13-6-4-5-12-7-8-18-9-14(12)13/h4-10H,1-3H3,(H,19,20,21). The van der Waals surface area contributed by atoms with Gasteiger partial charge in [0.25, 0.3) is 5.56 Å². The molecular weight excluding hydrogens is 262 g/mol. The number of fused-ring (bicyclic) bond motifs is 1. The number of hydrogen-bond acceptors (Lipinski definition) is 3. The molecule has 21 heavy (non-hydrogen) atoms. The van der Waals surface area contributed by atoms with E-state index in [1.54, 1.807) is 13.1 Å². The molecule has 0 aliphatic heterocycles. The zero-order valence-corrected chi connectivity index (χ0v) is 12.3. The molecule has 3 rings (SSSR count). The first-order chi connectivity index (χ1) is 10.1. The number of rotatable bonds is 2. The van der Waals surface area contributed by atoms with Crippen molar-refractivity contribution in [3.63, 3.8) is 0 Å². The van der Waals surface area contributed by atoms with Gasteiger partial charge >= 0.3 is 0 Å². The van der Waals surface area contributed by atoms with Crippen LogP contribution in [-0.4, -0.2) is 15.0 Å². The second-order valence-corrected chi connectivity index (χ2v) is 5.48. The summed E-state index contributed by atoms with van der Waals surface area (Å²) in [7, 11) is 0. The first kappa shape index (κ1) is 13.5. The van der Waals surface area contributed by atoms with Crippen LogP contribution in [0.5, 0.6) is 0 Å². The molecule has 4 nitrogen and oxygen atoms in total. The Kier molecular flexibility index (Phi) is 3.29. The first-order valence-electron chi connectivity index (χ1n) is 7.02. The summed E-state index contributed by atoms with van der Waals surface area (Å²) in [4.78, 5) is 23.9. The third-order valence-corrected chi connectivity index (χ3v) is 3.66. The molecule has 1 aromatic carbocycles. The van der Waals surface area contributed by atoms with E-state index in [4.69, 9.17) is 0 Å². The topological polar surface area (TPSA) is 58.6 Å². The Morgan fingerprint density at radius 2 is 2.00 bits per heavy atom. The van der Waals surface area contributed by atoms with E-state index >= 15 is 0 Å². The maximum Gasteiger partial charge on any atom is 0.254 e. The predicted octanol–water partition coefficient (Wildman–Crippen LogP) is 3.42. The summed E-state index contributed by atoms with van der Waals surface area (Å²) in [5, 5.41) is 2.10. The van der Waals surface area contributed by atoms with Crippen molar-refractivity contribution in [2.24, 2.45) is 0 Å². The summed E-state index contributed by atoms with van der Waals surface area (Å²) in [5.74, 6) is 0.881. The third-order valence-electron chi connectivity index (χ3n) is 3.66. The van der Waals surface area contributed by atoms with Crippen LogP contribution in [-0.2, 0) is 0 Å². The Hall–Kier alpha value is -2.49. The van der Waals surface area contributed by atoms with Gasteiger partial charge in [-0.3, -0.25) is 9.78 Å². The molecule has 0 aliphatic carbocycles. The van der Waals surface area contributed by atoms with Crippen LogP contribution >= 0.6 is 0 Å². The van der Waals surface area contributed by atoms with Crippen LogP contribution in [0.2, 0.25) is 0 Å². The van der Waals surface area contributed by atoms with Gasteiger partial charge in [0.2, 0.25) is 0 Å². The highest BCUT2D eigenvalue weighted by Crippen LogP contribution is 2.28. The van der Waals surface area contributed by atoms with E-state index in [1.807, 2.05) is 44.3 Å². The predicted molar refractivity (Wildman–Crippen MR) is 84.4 cm³/mol. The van der Waals surface area contributed by atoms with Crippen molar-refractivity contribution in [1.82, 2.24) is 15.0 Å². The van der Waals surface area contributed by atoms with E-state index < -0.39 is 0 Å². The second-order valence-electron chi connectivity index (χ2n) is 5.48. The van der Waals surface area contributed by atoms with Gasteiger partial charge in [0.15, 0.2) is 0 Å². The van der Waals surface area contributed by atoms with Crippen LogP contribution in [0.25, 0.3) is 22.0 Å². The number of H-pyrrole nitrogens is 1. The van der Waals surface area contributed by atoms with Crippen molar-refractivity contribution >= 4 is 10.8 Å². The lowest BCUT2D eigenvalue weighted by Crippen LogP contribution is -2.17. The molecule has 4 heteroatoms. The van der Waals surface area contributed by atoms with Crippen LogP contribution in [0.1, 0.15) is 31.2 Å². The lowest BCUT2D eigenvalue weighted by molar-refractivity contribution is 0.765. The zero-order valence-electron chi connectivity index (χ0n) is 12.3. The van der Waals surface area contributed by atoms with Crippen molar-refractivity contribution in [1.29, 1.82) is 0 Å². The van der Waals surface area contributed by atoms with Gasteiger partial charge in [-0.2, -0.15) is 0 Å². The maximum atomic E-state index is 12.2. The molecule has 2 heterocycles. The van der Waals surface area contributed by atoms with Crippen molar-refractivity contribution in [3.8, 4) is 11.3 Å². The van der Waals surface area contributed by atoms with E-state index in [0.29, 0.717) is 11.4 Å². The van der Waals surface area contributed by atoms with Gasteiger partial charge in [-0.25, -0.2) is 4.98 Å². The minimum absolute atomic E-state index is 0.0791. The Balaban J connectivity index is 2.35. The lowest BCUT2D eigenvalue weighted by atomic mass is 10.0. The minimum Gasteiger partial charge on any atom is -0.310 e. The van der Waals surface area contributed by atoms with Gasteiger partial charge in [-0.1, -0.05) is 32.0 Å². The highest BCUT2D eigenvalue weighted by atomic mass is 16.1. The van der Waals surface area contributed by atoms with E-state index in [-0.39, 0.29) is 11.5 Å². The number of nitrogens with zero attached hydrogens (tertiary/aromatic N) is 2. The van der Waals surface area contributed by atoms with Crippen LogP contribution in [0, 0.1) is 6.92 Å². The van der Waals surface area contributed by atoms with Crippen LogP contribution in [0.4, 0.5) is 0 Å². The van der Waals surface area contributed by atoms with Crippen molar-refractivity contribution in [2.45, 2.75) is 26.7 Å². The average molecular weight is 279 g/mol. The van der Waals surface area contributed by atoms with Crippen LogP contribution < -0.4 is 5.56 Å². The van der Waals surface area contributed by atoms with Crippen LogP contribution in [0.15, 0.2) is 41.5 Å². The molecule has 0 fully saturated rings. The molecule has 106 valence electrons. The molecular formula is C17H17N3O. The number of pyridine rings is 1. The Labute approximate surface area is 122 Å². The molecule has 0 radical (unpaired) electrons. The molecule has 0 aliphatic rings. The first-order valence-corrected chi connectivity index (χ1v) is 7.02. The van der Waals surface area contributed by atoms with Crippen molar-refractivity contribution < 1.29 is 0 Å². The smallest absolute Gasteiger partial charge is 0.254 e. The molecule has 0 atom stereocenters. The average Bonchev–Trinajstić information content (AvgIpc) is 2.49. The molecule has 3 aromatic rings. The number of aromatic amines is 1. The van der Waals surface area contributed by atoms with Gasteiger partial charge in [0.05, 0.1) is 5.69 Å². The summed E-state index contributed by atoms with van der Waals surface area (Å²) in [6, 6.07) is 7.97. The molecule has 2 aromatic heterocycles. The Morgan fingerprint density at radius 3 is 2.76 bits per heavy atom. The highest BCUT2D eigenvalue weighted by molar-refractivity contribution is 5.95. The molecule has 1 N–H and O–H groups in total. The SMILES string of the molecule is Cc1c(-c2cccc3ccncc23)nc(C(C)C)[nH]c1=O. The second kappa shape index (κ2) is 5.13. The molecule has 0 saturated carbocycles. The molecule has 0 unspecified atom stereocenters. The van der Waals surface area contributed by atoms with E-state index in [0.717, 1.165) is 22.0 Å². The van der Waals surface area contributed by atoms with E-state index in [9.17, 15) is 4.79 Å². The summed E-state index contributed by atoms with van der Waals surface area (Å²) >= 11 is 0. The molecule has 0 amide bonds.